The highest BCUT2D eigenvalue weighted by molar-refractivity contribution is 6.03. The number of benzene rings is 1. The number of primary amides is 5. The number of carboxylic acid groups (broad SMARTS) is 3. The molecule has 1 saturated heterocycles. The van der Waals surface area contributed by atoms with E-state index in [1.807, 2.05) is 0 Å². The highest BCUT2D eigenvalue weighted by atomic mass is 16.4. The van der Waals surface area contributed by atoms with Gasteiger partial charge in [-0.25, -0.2) is 4.79 Å². The Balaban J connectivity index is 2.02. The van der Waals surface area contributed by atoms with Gasteiger partial charge in [0.25, 0.3) is 0 Å². The van der Waals surface area contributed by atoms with Gasteiger partial charge in [0.15, 0.2) is 5.96 Å². The minimum Gasteiger partial charge on any atom is -0.481 e. The van der Waals surface area contributed by atoms with E-state index in [1.165, 1.54) is 6.20 Å². The maximum absolute atomic E-state index is 15.0. The van der Waals surface area contributed by atoms with Crippen LogP contribution in [0, 0.1) is 17.2 Å². The lowest BCUT2D eigenvalue weighted by Crippen LogP contribution is -2.62. The molecule has 1 aromatic carbocycles. The average molecular weight is 2010 g/mol. The number of carboxylic acids is 3. The van der Waals surface area contributed by atoms with Crippen molar-refractivity contribution in [1.82, 2.24) is 89.6 Å². The largest absolute Gasteiger partial charge is 0.481 e. The first-order valence-corrected chi connectivity index (χ1v) is 46.7. The number of carbonyl (C=O) groups excluding carboxylic acids is 20. The smallest absolute Gasteiger partial charge is 0.326 e. The number of carbonyl (C=O) groups is 23. The van der Waals surface area contributed by atoms with Crippen molar-refractivity contribution < 1.29 is 131 Å². The number of likely N-dealkylation sites (tertiary alicyclic amines) is 1. The summed E-state index contributed by atoms with van der Waals surface area (Å²) >= 11 is 0. The van der Waals surface area contributed by atoms with E-state index in [-0.39, 0.29) is 123 Å². The van der Waals surface area contributed by atoms with E-state index in [4.69, 9.17) is 62.7 Å². The summed E-state index contributed by atoms with van der Waals surface area (Å²) in [7, 11) is 0. The molecular weight excluding hydrogens is 1870 g/mol. The van der Waals surface area contributed by atoms with Crippen molar-refractivity contribution in [3.8, 4) is 0 Å². The third kappa shape index (κ3) is 44.0. The third-order valence-corrected chi connectivity index (χ3v) is 22.9. The number of para-hydroxylation sites is 1. The topological polar surface area (TPSA) is 957 Å². The minimum absolute atomic E-state index is 0.0194. The number of rotatable bonds is 70. The van der Waals surface area contributed by atoms with Crippen molar-refractivity contribution in [2.24, 2.45) is 69.2 Å². The van der Waals surface area contributed by atoms with Crippen LogP contribution in [0.15, 0.2) is 30.5 Å². The van der Waals surface area contributed by atoms with Crippen molar-refractivity contribution in [3.63, 3.8) is 0 Å². The van der Waals surface area contributed by atoms with E-state index in [0.717, 1.165) is 11.8 Å². The summed E-state index contributed by atoms with van der Waals surface area (Å²) in [6, 6.07) is -21.6. The van der Waals surface area contributed by atoms with Crippen LogP contribution in [0.3, 0.4) is 0 Å². The van der Waals surface area contributed by atoms with Gasteiger partial charge < -0.3 is 167 Å². The Morgan fingerprint density at radius 2 is 0.796 bits per heavy atom. The van der Waals surface area contributed by atoms with Crippen LogP contribution in [-0.2, 0) is 117 Å². The molecule has 20 amide bonds. The van der Waals surface area contributed by atoms with Crippen molar-refractivity contribution in [2.75, 3.05) is 32.7 Å². The Kier molecular flexibility index (Phi) is 53.7. The van der Waals surface area contributed by atoms with Gasteiger partial charge >= 0.3 is 17.9 Å². The van der Waals surface area contributed by atoms with Gasteiger partial charge in [0.05, 0.1) is 37.8 Å². The summed E-state index contributed by atoms with van der Waals surface area (Å²) in [5, 5.41) is 84.6. The molecule has 792 valence electrons. The number of fused-ring (bicyclic) bond motifs is 1. The van der Waals surface area contributed by atoms with Gasteiger partial charge in [0.1, 0.15) is 90.6 Å². The second-order valence-electron chi connectivity index (χ2n) is 35.0. The predicted molar refractivity (Wildman–Crippen MR) is 505 cm³/mol. The molecule has 2 heterocycles. The number of H-pyrrole nitrogens is 1. The van der Waals surface area contributed by atoms with Crippen LogP contribution in [0.25, 0.3) is 10.9 Å². The summed E-state index contributed by atoms with van der Waals surface area (Å²) in [4.78, 5) is 319. The van der Waals surface area contributed by atoms with Crippen LogP contribution in [-0.4, -0.2) is 308 Å². The van der Waals surface area contributed by atoms with Gasteiger partial charge in [-0.3, -0.25) is 111 Å². The maximum atomic E-state index is 15.0. The van der Waals surface area contributed by atoms with Crippen molar-refractivity contribution in [2.45, 2.75) is 304 Å². The Morgan fingerprint density at radius 1 is 0.423 bits per heavy atom. The summed E-state index contributed by atoms with van der Waals surface area (Å²) in [6.45, 7) is 7.63. The van der Waals surface area contributed by atoms with Crippen LogP contribution in [0.5, 0.6) is 0 Å². The normalized spacial score (nSPS) is 15.8. The number of aliphatic carboxylic acids is 3. The number of hydrogen-bond acceptors (Lipinski definition) is 29. The van der Waals surface area contributed by atoms with Gasteiger partial charge in [-0.15, -0.1) is 0 Å². The Labute approximate surface area is 817 Å². The molecule has 0 bridgehead atoms. The molecule has 0 spiro atoms. The first-order valence-electron chi connectivity index (χ1n) is 46.7. The molecule has 0 saturated carbocycles. The van der Waals surface area contributed by atoms with E-state index in [1.54, 1.807) is 52.0 Å². The van der Waals surface area contributed by atoms with E-state index in [9.17, 15) is 131 Å². The fourth-order valence-electron chi connectivity index (χ4n) is 15.0. The van der Waals surface area contributed by atoms with Crippen molar-refractivity contribution in [1.29, 1.82) is 5.41 Å². The second kappa shape index (κ2) is 62.6. The molecule has 18 atom stereocenters. The highest BCUT2D eigenvalue weighted by Crippen LogP contribution is 2.24. The van der Waals surface area contributed by atoms with Crippen LogP contribution in [0.2, 0.25) is 0 Å². The van der Waals surface area contributed by atoms with E-state index in [0.29, 0.717) is 22.9 Å². The lowest BCUT2D eigenvalue weighted by molar-refractivity contribution is -0.143. The monoisotopic (exact) mass is 2010 g/mol. The Morgan fingerprint density at radius 3 is 1.23 bits per heavy atom. The van der Waals surface area contributed by atoms with Crippen LogP contribution in [0.4, 0.5) is 0 Å². The average Bonchev–Trinajstić information content (AvgIpc) is 1.67. The lowest BCUT2D eigenvalue weighted by atomic mass is 9.98. The molecule has 41 N–H and O–H groups in total. The molecule has 3 rings (SSSR count). The van der Waals surface area contributed by atoms with Gasteiger partial charge in [-0.05, 0) is 159 Å². The first kappa shape index (κ1) is 122. The highest BCUT2D eigenvalue weighted by Gasteiger charge is 2.44. The number of nitrogens with two attached hydrogens (primary N) is 10. The standard InChI is InChI=1S/C87H142N28O27/c1-6-43(4)69(96)83(138)111-57(37-64(93)119)79(134)104-51(24-27-62(91)117)73(128)103-52(25-28-63(92)118)74(129)108-55(35-42(2)3)77(132)113-60(39-66(95)121)85(140)115-34-16-23-61(115)82(137)106-50(21-11-14-32-90)76(131)114-70(44(5)116)84(139)112-58(38-65(94)120)80(135)101-49(20-10-13-31-89)72(127)109-56(36-45-41-100-47-18-8-7-17-46(45)47)78(133)105-53(26-29-67(122)123)75(130)110-59(40-68(124)125)81(136)102-48(19-9-12-30-88)71(126)107-54(86(141)142)22-15-33-99-87(97)98/h7-8,17-18,41-44,48-61,69-70,100,116H,6,9-16,19-40,88-90,96H2,1-5H3,(H2,91,117)(H2,92,118)(H2,93,119)(H2,94,120)(H2,95,121)(H,101,135)(H,102,136)(H,103,128)(H,104,134)(H,105,133)(H,106,137)(H,107,126)(H,108,129)(H,109,127)(H,110,130)(H,111,138)(H,112,139)(H,113,132)(H,114,131)(H,122,123)(H,124,125)(H,141,142)(H4,97,98,99)/t43-,44+,48-,49-,50-,51-,52-,53-,54-,55-,56-,57-,58-,59-,60-,61-,69-,70-/m0/s1. The number of aliphatic hydroxyl groups is 1. The van der Waals surface area contributed by atoms with Gasteiger partial charge in [-0.1, -0.05) is 52.3 Å². The lowest BCUT2D eigenvalue weighted by Gasteiger charge is -2.31. The molecule has 55 heteroatoms. The molecule has 1 aliphatic heterocycles. The number of guanidine groups is 1. The van der Waals surface area contributed by atoms with Gasteiger partial charge in [0.2, 0.25) is 118 Å². The van der Waals surface area contributed by atoms with Crippen molar-refractivity contribution >= 4 is 153 Å². The molecule has 2 aromatic rings. The number of amides is 20. The molecule has 1 fully saturated rings. The van der Waals surface area contributed by atoms with E-state index >= 15 is 0 Å². The third-order valence-electron chi connectivity index (χ3n) is 22.9. The molecule has 1 aromatic heterocycles. The predicted octanol–water partition coefficient (Wildman–Crippen LogP) is -10.5. The zero-order chi connectivity index (χ0) is 107. The molecular formula is C87H142N28O27. The number of aromatic nitrogens is 1. The van der Waals surface area contributed by atoms with E-state index < -0.39 is 327 Å². The summed E-state index contributed by atoms with van der Waals surface area (Å²) < 4.78 is 0. The summed E-state index contributed by atoms with van der Waals surface area (Å²) in [5.74, 6) is -29.1. The fourth-order valence-corrected chi connectivity index (χ4v) is 15.0. The van der Waals surface area contributed by atoms with Gasteiger partial charge in [-0.2, -0.15) is 0 Å². The number of nitrogens with one attached hydrogen (secondary N) is 17. The van der Waals surface area contributed by atoms with Crippen LogP contribution >= 0.6 is 0 Å². The quantitative estimate of drug-likeness (QED) is 0.0166. The zero-order valence-corrected chi connectivity index (χ0v) is 80.2. The van der Waals surface area contributed by atoms with Gasteiger partial charge in [0, 0.05) is 55.9 Å². The molecule has 0 aliphatic carbocycles. The first-order chi connectivity index (χ1) is 66.9. The number of nitrogens with zero attached hydrogens (tertiary/aromatic N) is 1. The Bertz CT molecular complexity index is 4730. The molecule has 55 nitrogen and oxygen atoms in total. The minimum atomic E-state index is -2.10. The maximum Gasteiger partial charge on any atom is 0.326 e. The number of aromatic amines is 1. The molecule has 0 unspecified atom stereocenters. The van der Waals surface area contributed by atoms with Crippen molar-refractivity contribution in [3.05, 3.63) is 36.0 Å². The Hall–Kier alpha value is -14.4. The van der Waals surface area contributed by atoms with Crippen LogP contribution in [0.1, 0.15) is 201 Å². The number of aliphatic hydroxyl groups excluding tert-OH is 1. The number of hydrogen-bond donors (Lipinski definition) is 31. The number of unbranched alkanes of at least 4 members (excludes halogenated alkanes) is 3. The summed E-state index contributed by atoms with van der Waals surface area (Å²) in [5.41, 5.74) is 57.1. The van der Waals surface area contributed by atoms with Crippen LogP contribution < -0.4 is 137 Å². The molecule has 0 radical (unpaired) electrons. The molecule has 1 aliphatic rings. The fraction of sp³-hybridized carbons (Fsp3) is 0.632. The zero-order valence-electron chi connectivity index (χ0n) is 80.2. The summed E-state index contributed by atoms with van der Waals surface area (Å²) in [6.07, 6.45) is -8.59. The van der Waals surface area contributed by atoms with E-state index in [2.05, 4.69) is 84.7 Å². The second-order valence-corrected chi connectivity index (χ2v) is 35.0. The SMILES string of the molecule is CC[C@H](C)[C@H](N)C(=O)N[C@@H](CC(N)=O)C(=O)N[C@@H](CCC(N)=O)C(=O)N[C@@H](CCC(N)=O)C(=O)N[C@@H](CC(C)C)C(=O)N[C@@H](CC(N)=O)C(=O)N1CCC[C@H]1C(=O)N[C@@H](CCCCN)C(=O)N[C@H](C(=O)N[C@@H](CC(N)=O)C(=O)N[C@@H](CCCCN)C(=O)N[C@@H](Cc1c[nH]c2ccccc12)C(=O)N[C@@H](CCC(=O)O)C(=O)N[C@@H](CC(=O)O)C(=O)N[C@@H](CCCCN)C(=O)N[C@@H](CCCNC(=N)N)C(=O)O)[C@@H](C)O. The molecule has 142 heavy (non-hydrogen) atoms.